The van der Waals surface area contributed by atoms with Crippen LogP contribution in [0.1, 0.15) is 75.3 Å². The number of nitrogens with zero attached hydrogens (tertiary/aromatic N) is 1. The van der Waals surface area contributed by atoms with Crippen molar-refractivity contribution in [1.29, 1.82) is 0 Å². The molecule has 1 atom stereocenters. The SMILES string of the molecule is CCc1cccc(C(C)CC)c1N1C(=O)c2cccc(C(=O)NC)c2C1=O. The summed E-state index contributed by atoms with van der Waals surface area (Å²) in [6, 6.07) is 10.7. The fraction of sp³-hybridized carbons (Fsp3) is 0.318. The molecule has 2 aromatic rings. The third kappa shape index (κ3) is 2.93. The first-order chi connectivity index (χ1) is 13.0. The minimum atomic E-state index is -0.431. The Balaban J connectivity index is 2.23. The van der Waals surface area contributed by atoms with Crippen molar-refractivity contribution in [3.05, 3.63) is 64.2 Å². The number of amides is 3. The lowest BCUT2D eigenvalue weighted by molar-refractivity contribution is 0.0912. The van der Waals surface area contributed by atoms with E-state index in [2.05, 4.69) is 19.2 Å². The summed E-state index contributed by atoms with van der Waals surface area (Å²) in [7, 11) is 1.51. The van der Waals surface area contributed by atoms with E-state index in [1.54, 1.807) is 18.2 Å². The van der Waals surface area contributed by atoms with Crippen LogP contribution in [0.3, 0.4) is 0 Å². The molecule has 140 valence electrons. The number of carbonyl (C=O) groups excluding carboxylic acids is 3. The monoisotopic (exact) mass is 364 g/mol. The van der Waals surface area contributed by atoms with E-state index in [-0.39, 0.29) is 34.4 Å². The number of benzene rings is 2. The Morgan fingerprint density at radius 3 is 2.41 bits per heavy atom. The topological polar surface area (TPSA) is 66.5 Å². The van der Waals surface area contributed by atoms with E-state index >= 15 is 0 Å². The molecule has 0 saturated carbocycles. The van der Waals surface area contributed by atoms with Crippen LogP contribution in [0.5, 0.6) is 0 Å². The Bertz CT molecular complexity index is 933. The molecule has 0 spiro atoms. The zero-order valence-corrected chi connectivity index (χ0v) is 16.1. The largest absolute Gasteiger partial charge is 0.355 e. The fourth-order valence-corrected chi connectivity index (χ4v) is 3.60. The van der Waals surface area contributed by atoms with Gasteiger partial charge >= 0.3 is 0 Å². The fourth-order valence-electron chi connectivity index (χ4n) is 3.60. The molecule has 3 amide bonds. The van der Waals surface area contributed by atoms with Gasteiger partial charge in [0.1, 0.15) is 0 Å². The van der Waals surface area contributed by atoms with Crippen LogP contribution >= 0.6 is 0 Å². The maximum atomic E-state index is 13.3. The molecule has 0 saturated heterocycles. The number of imide groups is 1. The first-order valence-electron chi connectivity index (χ1n) is 9.31. The number of fused-ring (bicyclic) bond motifs is 1. The number of para-hydroxylation sites is 1. The van der Waals surface area contributed by atoms with Gasteiger partial charge in [0, 0.05) is 7.05 Å². The van der Waals surface area contributed by atoms with Crippen LogP contribution < -0.4 is 10.2 Å². The van der Waals surface area contributed by atoms with Gasteiger partial charge in [-0.2, -0.15) is 0 Å². The second kappa shape index (κ2) is 7.35. The van der Waals surface area contributed by atoms with Crippen LogP contribution in [0.2, 0.25) is 0 Å². The maximum absolute atomic E-state index is 13.3. The van der Waals surface area contributed by atoms with Gasteiger partial charge in [0.25, 0.3) is 17.7 Å². The van der Waals surface area contributed by atoms with Crippen LogP contribution in [0.15, 0.2) is 36.4 Å². The summed E-state index contributed by atoms with van der Waals surface area (Å²) in [5.41, 5.74) is 3.29. The van der Waals surface area contributed by atoms with Gasteiger partial charge in [-0.25, -0.2) is 4.90 Å². The average Bonchev–Trinajstić information content (AvgIpc) is 2.96. The number of carbonyl (C=O) groups is 3. The van der Waals surface area contributed by atoms with Crippen LogP contribution in [0.4, 0.5) is 5.69 Å². The van der Waals surface area contributed by atoms with Crippen molar-refractivity contribution in [3.63, 3.8) is 0 Å². The van der Waals surface area contributed by atoms with Gasteiger partial charge in [-0.1, -0.05) is 45.0 Å². The van der Waals surface area contributed by atoms with Gasteiger partial charge in [-0.3, -0.25) is 14.4 Å². The van der Waals surface area contributed by atoms with Crippen LogP contribution in [0, 0.1) is 0 Å². The average molecular weight is 364 g/mol. The Hall–Kier alpha value is -2.95. The van der Waals surface area contributed by atoms with Gasteiger partial charge in [0.2, 0.25) is 0 Å². The quantitative estimate of drug-likeness (QED) is 0.818. The van der Waals surface area contributed by atoms with E-state index in [0.717, 1.165) is 17.5 Å². The molecule has 1 unspecified atom stereocenters. The molecule has 3 rings (SSSR count). The number of rotatable bonds is 5. The van der Waals surface area contributed by atoms with Crippen LogP contribution in [0.25, 0.3) is 0 Å². The second-order valence-corrected chi connectivity index (χ2v) is 6.77. The van der Waals surface area contributed by atoms with E-state index in [0.29, 0.717) is 12.1 Å². The minimum Gasteiger partial charge on any atom is -0.355 e. The lowest BCUT2D eigenvalue weighted by Crippen LogP contribution is -2.32. The van der Waals surface area contributed by atoms with E-state index in [9.17, 15) is 14.4 Å². The third-order valence-electron chi connectivity index (χ3n) is 5.29. The van der Waals surface area contributed by atoms with Gasteiger partial charge < -0.3 is 5.32 Å². The summed E-state index contributed by atoms with van der Waals surface area (Å²) in [5, 5.41) is 2.54. The highest BCUT2D eigenvalue weighted by molar-refractivity contribution is 6.36. The van der Waals surface area contributed by atoms with Crippen molar-refractivity contribution < 1.29 is 14.4 Å². The Morgan fingerprint density at radius 2 is 1.78 bits per heavy atom. The number of hydrogen-bond acceptors (Lipinski definition) is 3. The molecule has 0 aromatic heterocycles. The van der Waals surface area contributed by atoms with E-state index < -0.39 is 5.91 Å². The molecular weight excluding hydrogens is 340 g/mol. The molecule has 0 bridgehead atoms. The highest BCUT2D eigenvalue weighted by Gasteiger charge is 2.41. The van der Waals surface area contributed by atoms with Crippen LogP contribution in [-0.2, 0) is 6.42 Å². The van der Waals surface area contributed by atoms with Crippen molar-refractivity contribution in [2.45, 2.75) is 39.5 Å². The molecule has 1 N–H and O–H groups in total. The zero-order valence-electron chi connectivity index (χ0n) is 16.1. The summed E-state index contributed by atoms with van der Waals surface area (Å²) >= 11 is 0. The van der Waals surface area contributed by atoms with Crippen molar-refractivity contribution in [2.24, 2.45) is 0 Å². The number of nitrogens with one attached hydrogen (secondary N) is 1. The Labute approximate surface area is 159 Å². The van der Waals surface area contributed by atoms with Gasteiger partial charge in [0.15, 0.2) is 0 Å². The van der Waals surface area contributed by atoms with Gasteiger partial charge in [-0.05, 0) is 42.0 Å². The maximum Gasteiger partial charge on any atom is 0.266 e. The summed E-state index contributed by atoms with van der Waals surface area (Å²) in [5.74, 6) is -0.971. The van der Waals surface area contributed by atoms with Crippen LogP contribution in [-0.4, -0.2) is 24.8 Å². The molecule has 2 aromatic carbocycles. The lowest BCUT2D eigenvalue weighted by Gasteiger charge is -2.24. The highest BCUT2D eigenvalue weighted by Crippen LogP contribution is 2.38. The molecule has 27 heavy (non-hydrogen) atoms. The zero-order chi connectivity index (χ0) is 19.7. The second-order valence-electron chi connectivity index (χ2n) is 6.77. The first-order valence-corrected chi connectivity index (χ1v) is 9.31. The molecule has 1 aliphatic heterocycles. The number of aryl methyl sites for hydroxylation is 1. The van der Waals surface area contributed by atoms with Crippen molar-refractivity contribution in [1.82, 2.24) is 5.32 Å². The lowest BCUT2D eigenvalue weighted by atomic mass is 9.92. The third-order valence-corrected chi connectivity index (χ3v) is 5.29. The van der Waals surface area contributed by atoms with Crippen molar-refractivity contribution >= 4 is 23.4 Å². The molecule has 0 aliphatic carbocycles. The van der Waals surface area contributed by atoms with Crippen molar-refractivity contribution in [2.75, 3.05) is 11.9 Å². The molecule has 1 aliphatic rings. The molecule has 5 heteroatoms. The van der Waals surface area contributed by atoms with E-state index in [1.807, 2.05) is 25.1 Å². The normalized spacial score (nSPS) is 14.3. The minimum absolute atomic E-state index is 0.183. The Morgan fingerprint density at radius 1 is 1.07 bits per heavy atom. The van der Waals surface area contributed by atoms with Gasteiger partial charge in [-0.15, -0.1) is 0 Å². The molecule has 5 nitrogen and oxygen atoms in total. The van der Waals surface area contributed by atoms with E-state index in [1.165, 1.54) is 11.9 Å². The number of anilines is 1. The van der Waals surface area contributed by atoms with E-state index in [4.69, 9.17) is 0 Å². The summed E-state index contributed by atoms with van der Waals surface area (Å²) in [4.78, 5) is 40.0. The smallest absolute Gasteiger partial charge is 0.266 e. The standard InChI is InChI=1S/C22H24N2O3/c1-5-13(3)15-10-7-9-14(6-2)19(15)24-21(26)17-12-8-11-16(20(25)23-4)18(17)22(24)27/h7-13H,5-6H2,1-4H3,(H,23,25). The summed E-state index contributed by atoms with van der Waals surface area (Å²) < 4.78 is 0. The first kappa shape index (κ1) is 18.8. The van der Waals surface area contributed by atoms with Crippen molar-refractivity contribution in [3.8, 4) is 0 Å². The molecular formula is C22H24N2O3. The molecule has 1 heterocycles. The Kier molecular flexibility index (Phi) is 5.13. The molecule has 0 radical (unpaired) electrons. The predicted molar refractivity (Wildman–Crippen MR) is 105 cm³/mol. The summed E-state index contributed by atoms with van der Waals surface area (Å²) in [6.45, 7) is 6.18. The number of hydrogen-bond donors (Lipinski definition) is 1. The summed E-state index contributed by atoms with van der Waals surface area (Å²) in [6.07, 6.45) is 1.60. The highest BCUT2D eigenvalue weighted by atomic mass is 16.2. The van der Waals surface area contributed by atoms with Gasteiger partial charge in [0.05, 0.1) is 22.4 Å². The molecule has 0 fully saturated rings. The predicted octanol–water partition coefficient (Wildman–Crippen LogP) is 3.92.